The predicted molar refractivity (Wildman–Crippen MR) is 50.3 cm³/mol. The van der Waals surface area contributed by atoms with Crippen molar-refractivity contribution in [3.05, 3.63) is 35.1 Å². The summed E-state index contributed by atoms with van der Waals surface area (Å²) in [6.07, 6.45) is 4.56. The normalized spacial score (nSPS) is 9.67. The van der Waals surface area contributed by atoms with E-state index in [1.165, 1.54) is 12.3 Å². The summed E-state index contributed by atoms with van der Waals surface area (Å²) in [7, 11) is 0. The predicted octanol–water partition coefficient (Wildman–Crippen LogP) is 2.29. The van der Waals surface area contributed by atoms with Crippen molar-refractivity contribution in [3.63, 3.8) is 0 Å². The van der Waals surface area contributed by atoms with Gasteiger partial charge in [0, 0.05) is 18.5 Å². The highest BCUT2D eigenvalue weighted by Crippen LogP contribution is 2.17. The number of nitriles is 1. The number of allylic oxidation sites excluding steroid dienone is 1. The van der Waals surface area contributed by atoms with Gasteiger partial charge in [0.25, 0.3) is 0 Å². The van der Waals surface area contributed by atoms with Crippen molar-refractivity contribution in [2.24, 2.45) is 0 Å². The van der Waals surface area contributed by atoms with Crippen LogP contribution >= 0.6 is 15.9 Å². The van der Waals surface area contributed by atoms with Crippen LogP contribution in [0.15, 0.2) is 35.1 Å². The maximum atomic E-state index is 8.20. The van der Waals surface area contributed by atoms with Crippen molar-refractivity contribution in [3.8, 4) is 6.07 Å². The first kappa shape index (κ1) is 8.75. The maximum absolute atomic E-state index is 8.20. The Balaban J connectivity index is 2.71. The monoisotopic (exact) mass is 223 g/mol. The molecule has 3 nitrogen and oxygen atoms in total. The first-order valence-electron chi connectivity index (χ1n) is 3.26. The van der Waals surface area contributed by atoms with E-state index >= 15 is 0 Å². The summed E-state index contributed by atoms with van der Waals surface area (Å²) in [6, 6.07) is 5.56. The smallest absolute Gasteiger partial charge is 0.144 e. The van der Waals surface area contributed by atoms with Gasteiger partial charge in [0.15, 0.2) is 0 Å². The van der Waals surface area contributed by atoms with Crippen molar-refractivity contribution in [2.45, 2.75) is 0 Å². The van der Waals surface area contributed by atoms with Gasteiger partial charge in [-0.3, -0.25) is 0 Å². The summed E-state index contributed by atoms with van der Waals surface area (Å²) in [5.74, 6) is 0.698. The Morgan fingerprint density at radius 3 is 3.17 bits per heavy atom. The fourth-order valence-corrected chi connectivity index (χ4v) is 1.02. The molecule has 0 saturated carbocycles. The minimum Gasteiger partial charge on any atom is -0.345 e. The number of hydrogen-bond acceptors (Lipinski definition) is 3. The number of rotatable bonds is 2. The molecular weight excluding hydrogens is 218 g/mol. The number of anilines is 1. The van der Waals surface area contributed by atoms with E-state index in [0.717, 1.165) is 4.47 Å². The van der Waals surface area contributed by atoms with E-state index in [-0.39, 0.29) is 0 Å². The van der Waals surface area contributed by atoms with Gasteiger partial charge in [-0.15, -0.1) is 0 Å². The van der Waals surface area contributed by atoms with E-state index in [1.54, 1.807) is 6.20 Å². The Morgan fingerprint density at radius 1 is 1.67 bits per heavy atom. The molecule has 0 aliphatic carbocycles. The molecule has 0 aliphatic heterocycles. The van der Waals surface area contributed by atoms with Crippen LogP contribution in [0.1, 0.15) is 0 Å². The highest BCUT2D eigenvalue weighted by Gasteiger charge is 1.94. The van der Waals surface area contributed by atoms with E-state index in [1.807, 2.05) is 18.2 Å². The number of nitrogens with one attached hydrogen (secondary N) is 1. The minimum atomic E-state index is 0.698. The van der Waals surface area contributed by atoms with Gasteiger partial charge in [0.2, 0.25) is 0 Å². The van der Waals surface area contributed by atoms with E-state index < -0.39 is 0 Å². The van der Waals surface area contributed by atoms with Gasteiger partial charge in [-0.1, -0.05) is 0 Å². The first-order chi connectivity index (χ1) is 5.84. The van der Waals surface area contributed by atoms with E-state index in [9.17, 15) is 0 Å². The number of aromatic nitrogens is 1. The van der Waals surface area contributed by atoms with Crippen LogP contribution < -0.4 is 5.32 Å². The molecule has 1 rings (SSSR count). The molecule has 1 heterocycles. The topological polar surface area (TPSA) is 48.7 Å². The average molecular weight is 224 g/mol. The van der Waals surface area contributed by atoms with Crippen LogP contribution in [0.4, 0.5) is 5.82 Å². The SMILES string of the molecule is N#CC=CNc1ncccc1Br. The van der Waals surface area contributed by atoms with E-state index in [2.05, 4.69) is 26.2 Å². The molecule has 0 bridgehead atoms. The van der Waals surface area contributed by atoms with Gasteiger partial charge in [-0.25, -0.2) is 4.98 Å². The lowest BCUT2D eigenvalue weighted by Gasteiger charge is -1.99. The molecule has 1 N–H and O–H groups in total. The Labute approximate surface area is 78.9 Å². The molecule has 0 atom stereocenters. The third kappa shape index (κ3) is 2.36. The summed E-state index contributed by atoms with van der Waals surface area (Å²) in [5.41, 5.74) is 0. The third-order valence-electron chi connectivity index (χ3n) is 1.14. The number of pyridine rings is 1. The van der Waals surface area contributed by atoms with Crippen LogP contribution in [-0.4, -0.2) is 4.98 Å². The summed E-state index contributed by atoms with van der Waals surface area (Å²) in [4.78, 5) is 4.03. The molecule has 0 radical (unpaired) electrons. The molecule has 0 spiro atoms. The van der Waals surface area contributed by atoms with Crippen LogP contribution in [0.5, 0.6) is 0 Å². The first-order valence-corrected chi connectivity index (χ1v) is 4.05. The van der Waals surface area contributed by atoms with Gasteiger partial charge in [-0.05, 0) is 28.1 Å². The van der Waals surface area contributed by atoms with E-state index in [4.69, 9.17) is 5.26 Å². The molecule has 1 aromatic rings. The molecular formula is C8H6BrN3. The van der Waals surface area contributed by atoms with Crippen molar-refractivity contribution in [1.82, 2.24) is 4.98 Å². The van der Waals surface area contributed by atoms with Gasteiger partial charge in [0.05, 0.1) is 10.5 Å². The van der Waals surface area contributed by atoms with Crippen molar-refractivity contribution < 1.29 is 0 Å². The second-order valence-electron chi connectivity index (χ2n) is 1.94. The van der Waals surface area contributed by atoms with Crippen LogP contribution in [0.25, 0.3) is 0 Å². The molecule has 0 unspecified atom stereocenters. The van der Waals surface area contributed by atoms with Crippen molar-refractivity contribution >= 4 is 21.7 Å². The largest absolute Gasteiger partial charge is 0.345 e. The fraction of sp³-hybridized carbons (Fsp3) is 0. The van der Waals surface area contributed by atoms with Crippen LogP contribution in [0.3, 0.4) is 0 Å². The standard InChI is InChI=1S/C8H6BrN3/c9-7-3-1-5-11-8(7)12-6-2-4-10/h1-3,5-6H,(H,11,12). The molecule has 0 aliphatic rings. The highest BCUT2D eigenvalue weighted by atomic mass is 79.9. The van der Waals surface area contributed by atoms with Gasteiger partial charge in [0.1, 0.15) is 5.82 Å². The number of hydrogen-bond donors (Lipinski definition) is 1. The molecule has 1 aromatic heterocycles. The van der Waals surface area contributed by atoms with Crippen molar-refractivity contribution in [1.29, 1.82) is 5.26 Å². The lowest BCUT2D eigenvalue weighted by atomic mass is 10.4. The average Bonchev–Trinajstić information content (AvgIpc) is 2.09. The quantitative estimate of drug-likeness (QED) is 0.784. The van der Waals surface area contributed by atoms with Gasteiger partial charge in [-0.2, -0.15) is 5.26 Å². The number of nitrogens with zero attached hydrogens (tertiary/aromatic N) is 2. The zero-order valence-electron chi connectivity index (χ0n) is 6.16. The van der Waals surface area contributed by atoms with Crippen LogP contribution in [-0.2, 0) is 0 Å². The second kappa shape index (κ2) is 4.52. The Kier molecular flexibility index (Phi) is 3.30. The van der Waals surface area contributed by atoms with Gasteiger partial charge < -0.3 is 5.32 Å². The molecule has 0 saturated heterocycles. The molecule has 12 heavy (non-hydrogen) atoms. The summed E-state index contributed by atoms with van der Waals surface area (Å²) in [5, 5.41) is 11.1. The van der Waals surface area contributed by atoms with Crippen LogP contribution in [0.2, 0.25) is 0 Å². The maximum Gasteiger partial charge on any atom is 0.144 e. The Bertz CT molecular complexity index is 327. The summed E-state index contributed by atoms with van der Waals surface area (Å²) in [6.45, 7) is 0. The zero-order valence-corrected chi connectivity index (χ0v) is 7.75. The van der Waals surface area contributed by atoms with Crippen molar-refractivity contribution in [2.75, 3.05) is 5.32 Å². The third-order valence-corrected chi connectivity index (χ3v) is 1.78. The van der Waals surface area contributed by atoms with E-state index in [0.29, 0.717) is 5.82 Å². The molecule has 0 amide bonds. The van der Waals surface area contributed by atoms with Gasteiger partial charge >= 0.3 is 0 Å². The Hall–Kier alpha value is -1.34. The fourth-order valence-electron chi connectivity index (χ4n) is 0.650. The lowest BCUT2D eigenvalue weighted by Crippen LogP contribution is -1.90. The second-order valence-corrected chi connectivity index (χ2v) is 2.79. The Morgan fingerprint density at radius 2 is 2.50 bits per heavy atom. The summed E-state index contributed by atoms with van der Waals surface area (Å²) >= 11 is 3.31. The molecule has 4 heteroatoms. The molecule has 0 fully saturated rings. The lowest BCUT2D eigenvalue weighted by molar-refractivity contribution is 1.29. The summed E-state index contributed by atoms with van der Waals surface area (Å²) < 4.78 is 0.868. The molecule has 60 valence electrons. The minimum absolute atomic E-state index is 0.698. The number of halogens is 1. The molecule has 0 aromatic carbocycles. The highest BCUT2D eigenvalue weighted by molar-refractivity contribution is 9.10. The zero-order chi connectivity index (χ0) is 8.81. The van der Waals surface area contributed by atoms with Crippen LogP contribution in [0, 0.1) is 11.3 Å².